The second kappa shape index (κ2) is 5.99. The van der Waals surface area contributed by atoms with Crippen LogP contribution in [-0.4, -0.2) is 35.7 Å². The van der Waals surface area contributed by atoms with E-state index in [-0.39, 0.29) is 18.9 Å². The highest BCUT2D eigenvalue weighted by atomic mass is 16.7. The Morgan fingerprint density at radius 3 is 2.85 bits per heavy atom. The van der Waals surface area contributed by atoms with E-state index in [1.165, 1.54) is 0 Å². The number of hydrogen-bond acceptors (Lipinski definition) is 5. The molecule has 1 heterocycles. The molecule has 5 heteroatoms. The van der Waals surface area contributed by atoms with Crippen molar-refractivity contribution in [3.05, 3.63) is 23.8 Å². The van der Waals surface area contributed by atoms with Crippen molar-refractivity contribution in [1.29, 1.82) is 0 Å². The van der Waals surface area contributed by atoms with Gasteiger partial charge in [0.2, 0.25) is 6.79 Å². The van der Waals surface area contributed by atoms with Gasteiger partial charge in [-0.05, 0) is 30.5 Å². The minimum Gasteiger partial charge on any atom is -0.454 e. The molecular formula is C15H21NO4. The first-order valence-electron chi connectivity index (χ1n) is 7.23. The van der Waals surface area contributed by atoms with Gasteiger partial charge in [0.15, 0.2) is 11.5 Å². The van der Waals surface area contributed by atoms with Crippen LogP contribution in [0.2, 0.25) is 0 Å². The van der Waals surface area contributed by atoms with Crippen molar-refractivity contribution in [2.24, 2.45) is 0 Å². The quantitative estimate of drug-likeness (QED) is 0.776. The lowest BCUT2D eigenvalue weighted by Crippen LogP contribution is -2.43. The molecule has 20 heavy (non-hydrogen) atoms. The monoisotopic (exact) mass is 279 g/mol. The molecule has 3 rings (SSSR count). The Morgan fingerprint density at radius 1 is 1.20 bits per heavy atom. The van der Waals surface area contributed by atoms with Gasteiger partial charge in [-0.25, -0.2) is 0 Å². The van der Waals surface area contributed by atoms with Crippen molar-refractivity contribution in [2.75, 3.05) is 13.3 Å². The normalized spacial score (nSPS) is 26.5. The number of ether oxygens (including phenoxy) is 2. The minimum atomic E-state index is -0.612. The fourth-order valence-electron chi connectivity index (χ4n) is 2.85. The summed E-state index contributed by atoms with van der Waals surface area (Å²) in [5, 5.41) is 23.4. The number of rotatable bonds is 4. The number of aliphatic hydroxyl groups is 2. The molecule has 110 valence electrons. The lowest BCUT2D eigenvalue weighted by Gasteiger charge is -2.29. The average molecular weight is 279 g/mol. The second-order valence-electron chi connectivity index (χ2n) is 5.50. The SMILES string of the molecule is OC(CNC1CCCCC1O)c1ccc2c(c1)OCO2. The van der Waals surface area contributed by atoms with Crippen LogP contribution in [0.4, 0.5) is 0 Å². The fraction of sp³-hybridized carbons (Fsp3) is 0.600. The molecule has 1 aliphatic heterocycles. The van der Waals surface area contributed by atoms with E-state index in [2.05, 4.69) is 5.32 Å². The van der Waals surface area contributed by atoms with Crippen LogP contribution in [0.15, 0.2) is 18.2 Å². The summed E-state index contributed by atoms with van der Waals surface area (Å²) in [7, 11) is 0. The standard InChI is InChI=1S/C15H21NO4/c17-12-4-2-1-3-11(12)16-8-13(18)10-5-6-14-15(7-10)20-9-19-14/h5-7,11-13,16-18H,1-4,8-9H2. The lowest BCUT2D eigenvalue weighted by molar-refractivity contribution is 0.0797. The third-order valence-electron chi connectivity index (χ3n) is 4.08. The molecule has 1 aromatic rings. The predicted molar refractivity (Wildman–Crippen MR) is 73.8 cm³/mol. The summed E-state index contributed by atoms with van der Waals surface area (Å²) < 4.78 is 10.6. The Balaban J connectivity index is 1.57. The lowest BCUT2D eigenvalue weighted by atomic mass is 9.92. The predicted octanol–water partition coefficient (Wildman–Crippen LogP) is 1.34. The summed E-state index contributed by atoms with van der Waals surface area (Å²) in [6.45, 7) is 0.669. The van der Waals surface area contributed by atoms with E-state index >= 15 is 0 Å². The fourth-order valence-corrected chi connectivity index (χ4v) is 2.85. The number of benzene rings is 1. The summed E-state index contributed by atoms with van der Waals surface area (Å²) in [5.74, 6) is 1.40. The molecule has 0 saturated heterocycles. The third kappa shape index (κ3) is 2.90. The maximum absolute atomic E-state index is 10.2. The van der Waals surface area contributed by atoms with Crippen LogP contribution < -0.4 is 14.8 Å². The van der Waals surface area contributed by atoms with Crippen molar-refractivity contribution < 1.29 is 19.7 Å². The van der Waals surface area contributed by atoms with Crippen LogP contribution in [0, 0.1) is 0 Å². The summed E-state index contributed by atoms with van der Waals surface area (Å²) in [6, 6.07) is 5.56. The van der Waals surface area contributed by atoms with Crippen molar-refractivity contribution in [3.8, 4) is 11.5 Å². The molecule has 2 aliphatic rings. The number of nitrogens with one attached hydrogen (secondary N) is 1. The van der Waals surface area contributed by atoms with Crippen LogP contribution in [0.5, 0.6) is 11.5 Å². The average Bonchev–Trinajstić information content (AvgIpc) is 2.93. The molecule has 0 bridgehead atoms. The van der Waals surface area contributed by atoms with Crippen molar-refractivity contribution in [2.45, 2.75) is 43.9 Å². The van der Waals surface area contributed by atoms with Gasteiger partial charge in [0.25, 0.3) is 0 Å². The highest BCUT2D eigenvalue weighted by molar-refractivity contribution is 5.45. The first kappa shape index (κ1) is 13.7. The Hall–Kier alpha value is -1.30. The number of fused-ring (bicyclic) bond motifs is 1. The first-order chi connectivity index (χ1) is 9.74. The van der Waals surface area contributed by atoms with Gasteiger partial charge >= 0.3 is 0 Å². The summed E-state index contributed by atoms with van der Waals surface area (Å²) >= 11 is 0. The molecule has 0 amide bonds. The zero-order chi connectivity index (χ0) is 13.9. The minimum absolute atomic E-state index is 0.0902. The summed E-state index contributed by atoms with van der Waals surface area (Å²) in [4.78, 5) is 0. The van der Waals surface area contributed by atoms with Crippen molar-refractivity contribution >= 4 is 0 Å². The van der Waals surface area contributed by atoms with E-state index in [9.17, 15) is 10.2 Å². The van der Waals surface area contributed by atoms with E-state index in [4.69, 9.17) is 9.47 Å². The van der Waals surface area contributed by atoms with E-state index < -0.39 is 6.10 Å². The van der Waals surface area contributed by atoms with Gasteiger partial charge in [-0.2, -0.15) is 0 Å². The smallest absolute Gasteiger partial charge is 0.231 e. The summed E-state index contributed by atoms with van der Waals surface area (Å²) in [5.41, 5.74) is 0.798. The highest BCUT2D eigenvalue weighted by Gasteiger charge is 2.23. The maximum Gasteiger partial charge on any atom is 0.231 e. The van der Waals surface area contributed by atoms with Crippen LogP contribution in [0.25, 0.3) is 0 Å². The Bertz CT molecular complexity index is 465. The number of hydrogen-bond donors (Lipinski definition) is 3. The topological polar surface area (TPSA) is 71.0 Å². The molecule has 1 fully saturated rings. The molecule has 1 aliphatic carbocycles. The Morgan fingerprint density at radius 2 is 2.00 bits per heavy atom. The molecule has 0 radical (unpaired) electrons. The largest absolute Gasteiger partial charge is 0.454 e. The molecule has 3 atom stereocenters. The third-order valence-corrected chi connectivity index (χ3v) is 4.08. The molecular weight excluding hydrogens is 258 g/mol. The maximum atomic E-state index is 10.2. The van der Waals surface area contributed by atoms with Crippen molar-refractivity contribution in [3.63, 3.8) is 0 Å². The van der Waals surface area contributed by atoms with E-state index in [1.807, 2.05) is 18.2 Å². The zero-order valence-corrected chi connectivity index (χ0v) is 11.4. The van der Waals surface area contributed by atoms with Crippen molar-refractivity contribution in [1.82, 2.24) is 5.32 Å². The molecule has 1 aromatic carbocycles. The zero-order valence-electron chi connectivity index (χ0n) is 11.4. The molecule has 3 unspecified atom stereocenters. The van der Waals surface area contributed by atoms with Gasteiger partial charge in [0.1, 0.15) is 0 Å². The molecule has 5 nitrogen and oxygen atoms in total. The van der Waals surface area contributed by atoms with Gasteiger partial charge in [0, 0.05) is 12.6 Å². The van der Waals surface area contributed by atoms with E-state index in [0.717, 1.165) is 37.0 Å². The van der Waals surface area contributed by atoms with Gasteiger partial charge in [-0.3, -0.25) is 0 Å². The highest BCUT2D eigenvalue weighted by Crippen LogP contribution is 2.34. The van der Waals surface area contributed by atoms with Crippen LogP contribution in [0.3, 0.4) is 0 Å². The molecule has 1 saturated carbocycles. The van der Waals surface area contributed by atoms with Crippen LogP contribution in [0.1, 0.15) is 37.4 Å². The van der Waals surface area contributed by atoms with E-state index in [0.29, 0.717) is 12.3 Å². The molecule has 0 aromatic heterocycles. The van der Waals surface area contributed by atoms with Crippen LogP contribution in [-0.2, 0) is 0 Å². The molecule has 0 spiro atoms. The van der Waals surface area contributed by atoms with Gasteiger partial charge < -0.3 is 25.0 Å². The Kier molecular flexibility index (Phi) is 4.10. The van der Waals surface area contributed by atoms with Gasteiger partial charge in [-0.15, -0.1) is 0 Å². The van der Waals surface area contributed by atoms with Crippen LogP contribution >= 0.6 is 0 Å². The summed E-state index contributed by atoms with van der Waals surface area (Å²) in [6.07, 6.45) is 3.12. The molecule has 3 N–H and O–H groups in total. The Labute approximate surface area is 118 Å². The van der Waals surface area contributed by atoms with Gasteiger partial charge in [-0.1, -0.05) is 18.9 Å². The van der Waals surface area contributed by atoms with Gasteiger partial charge in [0.05, 0.1) is 12.2 Å². The first-order valence-corrected chi connectivity index (χ1v) is 7.23. The van der Waals surface area contributed by atoms with E-state index in [1.54, 1.807) is 0 Å². The number of aliphatic hydroxyl groups excluding tert-OH is 2. The second-order valence-corrected chi connectivity index (χ2v) is 5.50.